The molecule has 0 radical (unpaired) electrons. The van der Waals surface area contributed by atoms with Crippen molar-refractivity contribution in [2.24, 2.45) is 0 Å². The highest BCUT2D eigenvalue weighted by Gasteiger charge is 2.23. The van der Waals surface area contributed by atoms with Crippen molar-refractivity contribution < 1.29 is 23.8 Å². The van der Waals surface area contributed by atoms with Gasteiger partial charge in [-0.3, -0.25) is 9.59 Å². The van der Waals surface area contributed by atoms with E-state index in [9.17, 15) is 9.59 Å². The monoisotopic (exact) mass is 435 g/mol. The predicted octanol–water partition coefficient (Wildman–Crippen LogP) is 3.83. The van der Waals surface area contributed by atoms with Gasteiger partial charge in [0.15, 0.2) is 11.5 Å². The van der Waals surface area contributed by atoms with Crippen LogP contribution in [0, 0.1) is 0 Å². The van der Waals surface area contributed by atoms with Gasteiger partial charge in [0, 0.05) is 22.3 Å². The van der Waals surface area contributed by atoms with Gasteiger partial charge >= 0.3 is 0 Å². The number of aromatic nitrogens is 1. The van der Waals surface area contributed by atoms with Gasteiger partial charge in [0.2, 0.25) is 5.75 Å². The van der Waals surface area contributed by atoms with E-state index in [1.807, 2.05) is 0 Å². The normalized spacial score (nSPS) is 13.9. The SMILES string of the molecule is COc1cc(C(=O)Nc2ccc3c(c2)C(=O)Nc2cccnc2S3)cc2c1OCCO2. The van der Waals surface area contributed by atoms with E-state index in [-0.39, 0.29) is 11.8 Å². The number of nitrogens with one attached hydrogen (secondary N) is 2. The number of benzene rings is 2. The first-order valence-electron chi connectivity index (χ1n) is 9.49. The van der Waals surface area contributed by atoms with E-state index in [1.165, 1.54) is 18.9 Å². The van der Waals surface area contributed by atoms with Gasteiger partial charge in [0.25, 0.3) is 11.8 Å². The minimum Gasteiger partial charge on any atom is -0.493 e. The van der Waals surface area contributed by atoms with Crippen molar-refractivity contribution >= 4 is 35.0 Å². The average molecular weight is 435 g/mol. The van der Waals surface area contributed by atoms with Crippen molar-refractivity contribution in [3.63, 3.8) is 0 Å². The van der Waals surface area contributed by atoms with Gasteiger partial charge in [-0.05, 0) is 42.5 Å². The Bertz CT molecular complexity index is 1200. The second-order valence-electron chi connectivity index (χ2n) is 6.78. The van der Waals surface area contributed by atoms with E-state index in [1.54, 1.807) is 48.7 Å². The summed E-state index contributed by atoms with van der Waals surface area (Å²) >= 11 is 1.40. The molecule has 0 atom stereocenters. The number of methoxy groups -OCH3 is 1. The summed E-state index contributed by atoms with van der Waals surface area (Å²) in [6.07, 6.45) is 1.68. The number of hydrogen-bond donors (Lipinski definition) is 2. The molecule has 5 rings (SSSR count). The molecule has 8 nitrogen and oxygen atoms in total. The van der Waals surface area contributed by atoms with Crippen LogP contribution in [0.2, 0.25) is 0 Å². The fraction of sp³-hybridized carbons (Fsp3) is 0.136. The molecule has 0 aliphatic carbocycles. The van der Waals surface area contributed by atoms with Gasteiger partial charge < -0.3 is 24.8 Å². The second-order valence-corrected chi connectivity index (χ2v) is 7.81. The summed E-state index contributed by atoms with van der Waals surface area (Å²) in [6, 6.07) is 12.0. The quantitative estimate of drug-likeness (QED) is 0.645. The summed E-state index contributed by atoms with van der Waals surface area (Å²) in [5.74, 6) is 0.745. The van der Waals surface area contributed by atoms with Gasteiger partial charge in [-0.15, -0.1) is 0 Å². The van der Waals surface area contributed by atoms with E-state index >= 15 is 0 Å². The number of carbonyl (C=O) groups excluding carboxylic acids is 2. The van der Waals surface area contributed by atoms with Crippen molar-refractivity contribution in [1.82, 2.24) is 4.98 Å². The summed E-state index contributed by atoms with van der Waals surface area (Å²) in [5, 5.41) is 6.41. The lowest BCUT2D eigenvalue weighted by Crippen LogP contribution is -2.18. The Hall–Kier alpha value is -3.72. The van der Waals surface area contributed by atoms with Crippen LogP contribution in [0.3, 0.4) is 0 Å². The largest absolute Gasteiger partial charge is 0.493 e. The lowest BCUT2D eigenvalue weighted by atomic mass is 10.1. The van der Waals surface area contributed by atoms with Crippen LogP contribution >= 0.6 is 11.8 Å². The lowest BCUT2D eigenvalue weighted by molar-refractivity contribution is 0.101. The molecule has 2 aromatic carbocycles. The molecule has 3 heterocycles. The first-order valence-corrected chi connectivity index (χ1v) is 10.3. The molecule has 2 amide bonds. The number of nitrogens with zero attached hydrogens (tertiary/aromatic N) is 1. The van der Waals surface area contributed by atoms with Crippen molar-refractivity contribution in [2.75, 3.05) is 31.0 Å². The molecule has 0 fully saturated rings. The predicted molar refractivity (Wildman–Crippen MR) is 115 cm³/mol. The minimum atomic E-state index is -0.359. The Morgan fingerprint density at radius 3 is 2.94 bits per heavy atom. The maximum Gasteiger partial charge on any atom is 0.256 e. The molecule has 0 unspecified atom stereocenters. The third kappa shape index (κ3) is 3.64. The number of anilines is 2. The Kier molecular flexibility index (Phi) is 4.87. The molecule has 9 heteroatoms. The Balaban J connectivity index is 1.42. The van der Waals surface area contributed by atoms with E-state index in [0.717, 1.165) is 9.92 Å². The molecule has 156 valence electrons. The van der Waals surface area contributed by atoms with Crippen LogP contribution in [-0.2, 0) is 0 Å². The molecule has 3 aromatic rings. The standard InChI is InChI=1S/C22H17N3O5S/c1-28-16-9-12(10-17-19(16)30-8-7-29-17)20(26)24-13-4-5-18-14(11-13)21(27)25-15-3-2-6-23-22(15)31-18/h2-6,9-11H,7-8H2,1H3,(H,24,26)(H,25,27). The molecule has 0 bridgehead atoms. The molecular formula is C22H17N3O5S. The van der Waals surface area contributed by atoms with Crippen LogP contribution in [-0.4, -0.2) is 37.1 Å². The molecule has 1 aromatic heterocycles. The van der Waals surface area contributed by atoms with Crippen LogP contribution < -0.4 is 24.8 Å². The smallest absolute Gasteiger partial charge is 0.256 e. The summed E-state index contributed by atoms with van der Waals surface area (Å²) in [7, 11) is 1.50. The number of rotatable bonds is 3. The molecule has 0 saturated carbocycles. The molecule has 2 N–H and O–H groups in total. The van der Waals surface area contributed by atoms with E-state index in [4.69, 9.17) is 14.2 Å². The van der Waals surface area contributed by atoms with Gasteiger partial charge in [0.05, 0.1) is 18.4 Å². The summed E-state index contributed by atoms with van der Waals surface area (Å²) in [5.41, 5.74) is 1.96. The molecule has 2 aliphatic rings. The van der Waals surface area contributed by atoms with Crippen LogP contribution in [0.15, 0.2) is 58.6 Å². The number of fused-ring (bicyclic) bond motifs is 3. The van der Waals surface area contributed by atoms with E-state index in [2.05, 4.69) is 15.6 Å². The first kappa shape index (κ1) is 19.3. The van der Waals surface area contributed by atoms with Crippen molar-refractivity contribution in [2.45, 2.75) is 9.92 Å². The maximum atomic E-state index is 12.9. The lowest BCUT2D eigenvalue weighted by Gasteiger charge is -2.21. The van der Waals surface area contributed by atoms with Crippen LogP contribution in [0.4, 0.5) is 11.4 Å². The number of carbonyl (C=O) groups is 2. The van der Waals surface area contributed by atoms with Crippen molar-refractivity contribution in [3.05, 3.63) is 59.8 Å². The third-order valence-electron chi connectivity index (χ3n) is 4.80. The maximum absolute atomic E-state index is 12.9. The van der Waals surface area contributed by atoms with Crippen molar-refractivity contribution in [3.8, 4) is 17.2 Å². The summed E-state index contributed by atoms with van der Waals surface area (Å²) < 4.78 is 16.5. The summed E-state index contributed by atoms with van der Waals surface area (Å²) in [6.45, 7) is 0.819. The average Bonchev–Trinajstić information content (AvgIpc) is 2.94. The highest BCUT2D eigenvalue weighted by Crippen LogP contribution is 2.41. The first-order chi connectivity index (χ1) is 15.1. The molecule has 0 saturated heterocycles. The highest BCUT2D eigenvalue weighted by atomic mass is 32.2. The summed E-state index contributed by atoms with van der Waals surface area (Å²) in [4.78, 5) is 30.7. The third-order valence-corrected chi connectivity index (χ3v) is 5.89. The van der Waals surface area contributed by atoms with Crippen LogP contribution in [0.25, 0.3) is 0 Å². The fourth-order valence-electron chi connectivity index (χ4n) is 3.34. The highest BCUT2D eigenvalue weighted by molar-refractivity contribution is 7.99. The minimum absolute atomic E-state index is 0.258. The Labute approximate surface area is 181 Å². The van der Waals surface area contributed by atoms with Crippen molar-refractivity contribution in [1.29, 1.82) is 0 Å². The zero-order chi connectivity index (χ0) is 21.4. The van der Waals surface area contributed by atoms with Crippen LogP contribution in [0.1, 0.15) is 20.7 Å². The Morgan fingerprint density at radius 1 is 1.19 bits per heavy atom. The van der Waals surface area contributed by atoms with E-state index in [0.29, 0.717) is 53.0 Å². The van der Waals surface area contributed by atoms with Gasteiger partial charge in [-0.2, -0.15) is 0 Å². The second kappa shape index (κ2) is 7.84. The fourth-order valence-corrected chi connectivity index (χ4v) is 4.29. The van der Waals surface area contributed by atoms with Crippen LogP contribution in [0.5, 0.6) is 17.2 Å². The molecule has 31 heavy (non-hydrogen) atoms. The number of pyridine rings is 1. The number of ether oxygens (including phenoxy) is 3. The molecular weight excluding hydrogens is 418 g/mol. The number of amides is 2. The van der Waals surface area contributed by atoms with Gasteiger partial charge in [-0.25, -0.2) is 4.98 Å². The topological polar surface area (TPSA) is 98.8 Å². The molecule has 2 aliphatic heterocycles. The Morgan fingerprint density at radius 2 is 2.06 bits per heavy atom. The zero-order valence-electron chi connectivity index (χ0n) is 16.4. The zero-order valence-corrected chi connectivity index (χ0v) is 17.2. The van der Waals surface area contributed by atoms with E-state index < -0.39 is 0 Å². The number of hydrogen-bond acceptors (Lipinski definition) is 7. The van der Waals surface area contributed by atoms with Gasteiger partial charge in [0.1, 0.15) is 18.2 Å². The molecule has 0 spiro atoms. The van der Waals surface area contributed by atoms with Gasteiger partial charge in [-0.1, -0.05) is 11.8 Å².